The zero-order chi connectivity index (χ0) is 32.9. The fourth-order valence-electron chi connectivity index (χ4n) is 12.4. The van der Waals surface area contributed by atoms with Gasteiger partial charge in [0.2, 0.25) is 6.29 Å². The lowest BCUT2D eigenvalue weighted by Gasteiger charge is -2.71. The topological polar surface area (TPSA) is 157 Å². The second kappa shape index (κ2) is 11.2. The van der Waals surface area contributed by atoms with Gasteiger partial charge in [0, 0.05) is 6.61 Å². The molecular formula is C36H58O9. The summed E-state index contributed by atoms with van der Waals surface area (Å²) in [5.74, 6) is 0.319. The first-order valence-corrected chi connectivity index (χ1v) is 17.5. The Kier molecular flexibility index (Phi) is 8.45. The van der Waals surface area contributed by atoms with E-state index in [4.69, 9.17) is 9.47 Å². The summed E-state index contributed by atoms with van der Waals surface area (Å²) in [4.78, 5) is 14.4. The van der Waals surface area contributed by atoms with Crippen LogP contribution < -0.4 is 0 Å². The van der Waals surface area contributed by atoms with Gasteiger partial charge in [-0.15, -0.1) is 0 Å². The maximum atomic E-state index is 14.4. The molecule has 5 fully saturated rings. The van der Waals surface area contributed by atoms with E-state index in [1.807, 2.05) is 0 Å². The fraction of sp³-hybridized carbons (Fsp3) is 0.917. The number of fused-ring (bicyclic) bond motifs is 7. The van der Waals surface area contributed by atoms with Crippen LogP contribution in [0, 0.1) is 56.7 Å². The van der Waals surface area contributed by atoms with Crippen molar-refractivity contribution in [2.45, 2.75) is 136 Å². The maximum absolute atomic E-state index is 14.4. The summed E-state index contributed by atoms with van der Waals surface area (Å²) in [5, 5.41) is 62.5. The van der Waals surface area contributed by atoms with Crippen molar-refractivity contribution in [2.24, 2.45) is 56.7 Å². The van der Waals surface area contributed by atoms with E-state index in [1.165, 1.54) is 5.57 Å². The molecular weight excluding hydrogens is 576 g/mol. The van der Waals surface area contributed by atoms with Crippen molar-refractivity contribution in [3.05, 3.63) is 11.6 Å². The van der Waals surface area contributed by atoms with E-state index < -0.39 is 48.7 Å². The molecule has 1 saturated heterocycles. The largest absolute Gasteiger partial charge is 0.432 e. The van der Waals surface area contributed by atoms with Crippen molar-refractivity contribution in [1.82, 2.24) is 0 Å². The Morgan fingerprint density at radius 3 is 2.24 bits per heavy atom. The molecule has 0 aromatic heterocycles. The third-order valence-corrected chi connectivity index (χ3v) is 15.4. The monoisotopic (exact) mass is 634 g/mol. The predicted octanol–water partition coefficient (Wildman–Crippen LogP) is 3.32. The predicted molar refractivity (Wildman–Crippen MR) is 166 cm³/mol. The number of carbonyl (C=O) groups is 1. The lowest BCUT2D eigenvalue weighted by molar-refractivity contribution is -0.297. The van der Waals surface area contributed by atoms with Crippen LogP contribution in [0.5, 0.6) is 0 Å². The van der Waals surface area contributed by atoms with E-state index in [0.717, 1.165) is 38.5 Å². The van der Waals surface area contributed by atoms with Crippen molar-refractivity contribution < 1.29 is 44.9 Å². The number of allylic oxidation sites excluding steroid dienone is 2. The van der Waals surface area contributed by atoms with Crippen LogP contribution >= 0.6 is 0 Å². The highest BCUT2D eigenvalue weighted by atomic mass is 16.7. The fourth-order valence-corrected chi connectivity index (χ4v) is 12.4. The minimum atomic E-state index is -1.65. The van der Waals surface area contributed by atoms with Crippen molar-refractivity contribution in [3.63, 3.8) is 0 Å². The molecule has 6 aliphatic rings. The first kappa shape index (κ1) is 33.8. The van der Waals surface area contributed by atoms with Gasteiger partial charge in [0.05, 0.1) is 18.1 Å². The van der Waals surface area contributed by atoms with E-state index >= 15 is 0 Å². The Morgan fingerprint density at radius 1 is 0.867 bits per heavy atom. The highest BCUT2D eigenvalue weighted by Crippen LogP contribution is 2.75. The number of rotatable bonds is 4. The third kappa shape index (κ3) is 4.54. The number of esters is 1. The van der Waals surface area contributed by atoms with E-state index in [9.17, 15) is 35.4 Å². The zero-order valence-corrected chi connectivity index (χ0v) is 28.1. The molecule has 0 aromatic carbocycles. The van der Waals surface area contributed by atoms with E-state index in [-0.39, 0.29) is 52.1 Å². The summed E-state index contributed by atoms with van der Waals surface area (Å²) >= 11 is 0. The Labute approximate surface area is 268 Å². The van der Waals surface area contributed by atoms with Gasteiger partial charge in [-0.2, -0.15) is 0 Å². The summed E-state index contributed by atoms with van der Waals surface area (Å²) in [6, 6.07) is 0. The van der Waals surface area contributed by atoms with Crippen LogP contribution in [0.1, 0.15) is 99.3 Å². The van der Waals surface area contributed by atoms with E-state index in [1.54, 1.807) is 0 Å². The molecule has 9 heteroatoms. The molecule has 0 radical (unpaired) electrons. The summed E-state index contributed by atoms with van der Waals surface area (Å²) in [5.41, 5.74) is 0.231. The summed E-state index contributed by atoms with van der Waals surface area (Å²) < 4.78 is 11.5. The van der Waals surface area contributed by atoms with Crippen LogP contribution in [-0.4, -0.2) is 86.6 Å². The number of aliphatic hydroxyl groups excluding tert-OH is 6. The van der Waals surface area contributed by atoms with Crippen LogP contribution in [0.2, 0.25) is 0 Å². The molecule has 0 unspecified atom stereocenters. The number of hydrogen-bond donors (Lipinski definition) is 6. The highest BCUT2D eigenvalue weighted by molar-refractivity contribution is 5.79. The SMILES string of the molecule is C[C@H]1[C@H](CO)CC[C@]2(C(=O)O[C@@H]3O[C@H](CO)[C@@H](O)[C@H](O)[C@H]3O)CC[C@]3(C)C(=CC[C@@H]4[C@@]5(C)CC[C@H](O)C(C)(C)[C@@H]5CC[C@]43C)[C@H]12. The van der Waals surface area contributed by atoms with Crippen molar-refractivity contribution in [3.8, 4) is 0 Å². The van der Waals surface area contributed by atoms with Crippen LogP contribution in [0.15, 0.2) is 11.6 Å². The molecule has 45 heavy (non-hydrogen) atoms. The first-order chi connectivity index (χ1) is 21.0. The van der Waals surface area contributed by atoms with Gasteiger partial charge in [-0.05, 0) is 109 Å². The second-order valence-corrected chi connectivity index (χ2v) is 17.2. The molecule has 0 amide bonds. The molecule has 6 N–H and O–H groups in total. The number of carbonyl (C=O) groups excluding carboxylic acids is 1. The minimum Gasteiger partial charge on any atom is -0.432 e. The van der Waals surface area contributed by atoms with Gasteiger partial charge in [-0.25, -0.2) is 0 Å². The molecule has 9 nitrogen and oxygen atoms in total. The van der Waals surface area contributed by atoms with Gasteiger partial charge >= 0.3 is 5.97 Å². The van der Waals surface area contributed by atoms with Gasteiger partial charge in [0.15, 0.2) is 0 Å². The molecule has 0 spiro atoms. The zero-order valence-electron chi connectivity index (χ0n) is 28.1. The highest BCUT2D eigenvalue weighted by Gasteiger charge is 2.70. The Hall–Kier alpha value is -1.07. The Bertz CT molecular complexity index is 1190. The molecule has 1 heterocycles. The van der Waals surface area contributed by atoms with Crippen molar-refractivity contribution >= 4 is 5.97 Å². The van der Waals surface area contributed by atoms with Crippen LogP contribution in [-0.2, 0) is 14.3 Å². The lowest BCUT2D eigenvalue weighted by Crippen LogP contribution is -2.66. The second-order valence-electron chi connectivity index (χ2n) is 17.2. The molecule has 1 aliphatic heterocycles. The molecule has 0 aromatic rings. The number of aliphatic hydroxyl groups is 6. The summed E-state index contributed by atoms with van der Waals surface area (Å²) in [6.45, 7) is 13.5. The van der Waals surface area contributed by atoms with Crippen molar-refractivity contribution in [1.29, 1.82) is 0 Å². The van der Waals surface area contributed by atoms with Gasteiger partial charge in [-0.1, -0.05) is 53.2 Å². The maximum Gasteiger partial charge on any atom is 0.315 e. The smallest absolute Gasteiger partial charge is 0.315 e. The average Bonchev–Trinajstić information content (AvgIpc) is 2.99. The Balaban J connectivity index is 1.37. The summed E-state index contributed by atoms with van der Waals surface area (Å²) in [6.07, 6.45) is 2.23. The molecule has 256 valence electrons. The standard InChI is InChI=1S/C36H58O9/c1-19-20(17-37)9-14-36(31(43)45-30-29(42)28(41)27(40)22(18-38)44-30)16-15-34(5)21(26(19)36)7-8-24-33(4)12-11-25(39)32(2,3)23(33)10-13-35(24,34)6/h7,19-20,22-30,37-42H,8-18H2,1-6H3/t19-,20-,22+,23-,24+,25-,26-,27+,28-,29+,30-,33-,34+,35+,36-/m0/s1. The molecule has 15 atom stereocenters. The molecule has 5 aliphatic carbocycles. The average molecular weight is 635 g/mol. The minimum absolute atomic E-state index is 0.0000799. The molecule has 0 bridgehead atoms. The van der Waals surface area contributed by atoms with Gasteiger partial charge < -0.3 is 40.1 Å². The first-order valence-electron chi connectivity index (χ1n) is 17.5. The van der Waals surface area contributed by atoms with E-state index in [0.29, 0.717) is 31.1 Å². The van der Waals surface area contributed by atoms with Gasteiger partial charge in [-0.3, -0.25) is 4.79 Å². The normalized spacial score (nSPS) is 54.0. The molecule has 6 rings (SSSR count). The van der Waals surface area contributed by atoms with E-state index in [2.05, 4.69) is 47.6 Å². The van der Waals surface area contributed by atoms with Crippen LogP contribution in [0.3, 0.4) is 0 Å². The van der Waals surface area contributed by atoms with Gasteiger partial charge in [0.1, 0.15) is 24.4 Å². The number of ether oxygens (including phenoxy) is 2. The van der Waals surface area contributed by atoms with Crippen LogP contribution in [0.4, 0.5) is 0 Å². The molecule has 4 saturated carbocycles. The van der Waals surface area contributed by atoms with Crippen LogP contribution in [0.25, 0.3) is 0 Å². The summed E-state index contributed by atoms with van der Waals surface area (Å²) in [7, 11) is 0. The van der Waals surface area contributed by atoms with Crippen molar-refractivity contribution in [2.75, 3.05) is 13.2 Å². The number of hydrogen-bond acceptors (Lipinski definition) is 9. The quantitative estimate of drug-likeness (QED) is 0.202. The Morgan fingerprint density at radius 2 is 1.58 bits per heavy atom. The lowest BCUT2D eigenvalue weighted by atomic mass is 9.33. The third-order valence-electron chi connectivity index (χ3n) is 15.4. The van der Waals surface area contributed by atoms with Gasteiger partial charge in [0.25, 0.3) is 0 Å².